The maximum absolute atomic E-state index is 12.4. The normalized spacial score (nSPS) is 32.8. The molecule has 4 heteroatoms. The maximum atomic E-state index is 12.4. The third-order valence-corrected chi connectivity index (χ3v) is 6.89. The van der Waals surface area contributed by atoms with Gasteiger partial charge in [0, 0.05) is 17.0 Å². The highest BCUT2D eigenvalue weighted by atomic mass is 16.2. The lowest BCUT2D eigenvalue weighted by Gasteiger charge is -2.52. The number of pyridine rings is 1. The molecule has 3 aliphatic carbocycles. The summed E-state index contributed by atoms with van der Waals surface area (Å²) < 4.78 is 0. The Labute approximate surface area is 156 Å². The average molecular weight is 351 g/mol. The lowest BCUT2D eigenvalue weighted by atomic mass is 9.54. The van der Waals surface area contributed by atoms with Gasteiger partial charge in [0.15, 0.2) is 5.82 Å². The van der Waals surface area contributed by atoms with E-state index in [9.17, 15) is 10.1 Å². The molecule has 1 aromatic heterocycles. The second-order valence-corrected chi connectivity index (χ2v) is 9.73. The van der Waals surface area contributed by atoms with E-state index in [1.807, 2.05) is 32.9 Å². The molecule has 3 aliphatic rings. The molecule has 0 aromatic carbocycles. The summed E-state index contributed by atoms with van der Waals surface area (Å²) >= 11 is 0. The molecule has 0 saturated heterocycles. The van der Waals surface area contributed by atoms with Crippen LogP contribution in [0.5, 0.6) is 0 Å². The fourth-order valence-corrected chi connectivity index (χ4v) is 5.62. The van der Waals surface area contributed by atoms with Gasteiger partial charge in [-0.15, -0.1) is 0 Å². The van der Waals surface area contributed by atoms with Crippen LogP contribution < -0.4 is 5.32 Å². The van der Waals surface area contributed by atoms with Gasteiger partial charge in [0.1, 0.15) is 6.07 Å². The number of aromatic nitrogens is 1. The van der Waals surface area contributed by atoms with Gasteiger partial charge >= 0.3 is 0 Å². The number of fused-ring (bicyclic) bond motifs is 2. The summed E-state index contributed by atoms with van der Waals surface area (Å²) in [6, 6.07) is 6.05. The summed E-state index contributed by atoms with van der Waals surface area (Å²) in [6.45, 7) is 5.62. The first-order valence-electron chi connectivity index (χ1n) is 10.1. The smallest absolute Gasteiger partial charge is 0.230 e. The van der Waals surface area contributed by atoms with Crippen LogP contribution in [0.2, 0.25) is 0 Å². The van der Waals surface area contributed by atoms with Crippen molar-refractivity contribution < 1.29 is 4.79 Å². The molecule has 1 amide bonds. The fourth-order valence-electron chi connectivity index (χ4n) is 5.62. The van der Waals surface area contributed by atoms with Crippen LogP contribution >= 0.6 is 0 Å². The number of hydrogen-bond donors (Lipinski definition) is 1. The Hall–Kier alpha value is -1.89. The first-order valence-corrected chi connectivity index (χ1v) is 10.1. The monoisotopic (exact) mass is 351 g/mol. The molecule has 3 fully saturated rings. The molecular weight excluding hydrogens is 322 g/mol. The quantitative estimate of drug-likeness (QED) is 0.827. The summed E-state index contributed by atoms with van der Waals surface area (Å²) in [7, 11) is 0. The van der Waals surface area contributed by atoms with Crippen molar-refractivity contribution in [3.8, 4) is 6.07 Å². The first kappa shape index (κ1) is 17.5. The SMILES string of the molecule is CC(C)(C)C(=O)Nc1nc(C2CC3CC4CCC2C(C4)C3)ccc1C#N. The van der Waals surface area contributed by atoms with Crippen molar-refractivity contribution in [1.29, 1.82) is 5.26 Å². The molecule has 1 N–H and O–H groups in total. The van der Waals surface area contributed by atoms with Crippen LogP contribution in [0, 0.1) is 40.4 Å². The van der Waals surface area contributed by atoms with Crippen LogP contribution in [0.4, 0.5) is 5.82 Å². The lowest BCUT2D eigenvalue weighted by Crippen LogP contribution is -2.41. The molecule has 5 unspecified atom stereocenters. The predicted molar refractivity (Wildman–Crippen MR) is 101 cm³/mol. The number of hydrogen-bond acceptors (Lipinski definition) is 3. The van der Waals surface area contributed by atoms with Gasteiger partial charge in [0.2, 0.25) is 5.91 Å². The number of amides is 1. The van der Waals surface area contributed by atoms with Gasteiger partial charge in [0.05, 0.1) is 5.56 Å². The summed E-state index contributed by atoms with van der Waals surface area (Å²) in [5.74, 6) is 4.22. The van der Waals surface area contributed by atoms with Crippen molar-refractivity contribution in [3.05, 3.63) is 23.4 Å². The van der Waals surface area contributed by atoms with E-state index in [1.54, 1.807) is 0 Å². The predicted octanol–water partition coefficient (Wildman–Crippen LogP) is 4.87. The van der Waals surface area contributed by atoms with E-state index in [1.165, 1.54) is 38.5 Å². The van der Waals surface area contributed by atoms with Crippen LogP contribution in [0.1, 0.15) is 76.5 Å². The van der Waals surface area contributed by atoms with Crippen molar-refractivity contribution in [2.45, 2.75) is 65.2 Å². The molecular formula is C22H29N3O. The van der Waals surface area contributed by atoms with Crippen LogP contribution in [0.15, 0.2) is 12.1 Å². The Morgan fingerprint density at radius 1 is 1.15 bits per heavy atom. The summed E-state index contributed by atoms with van der Waals surface area (Å²) in [5, 5.41) is 12.3. The highest BCUT2D eigenvalue weighted by molar-refractivity contribution is 5.94. The Kier molecular flexibility index (Phi) is 4.29. The maximum Gasteiger partial charge on any atom is 0.230 e. The van der Waals surface area contributed by atoms with Crippen molar-refractivity contribution in [3.63, 3.8) is 0 Å². The van der Waals surface area contributed by atoms with Crippen LogP contribution in [0.25, 0.3) is 0 Å². The highest BCUT2D eigenvalue weighted by Crippen LogP contribution is 2.57. The van der Waals surface area contributed by atoms with Gasteiger partial charge in [0.25, 0.3) is 0 Å². The van der Waals surface area contributed by atoms with Gasteiger partial charge in [-0.3, -0.25) is 4.79 Å². The number of nitriles is 1. The largest absolute Gasteiger partial charge is 0.309 e. The Balaban J connectivity index is 1.64. The molecule has 3 bridgehead atoms. The number of nitrogens with zero attached hydrogens (tertiary/aromatic N) is 2. The van der Waals surface area contributed by atoms with Gasteiger partial charge < -0.3 is 5.32 Å². The molecule has 3 saturated carbocycles. The minimum atomic E-state index is -0.509. The van der Waals surface area contributed by atoms with Gasteiger partial charge in [-0.25, -0.2) is 4.98 Å². The van der Waals surface area contributed by atoms with Crippen molar-refractivity contribution in [1.82, 2.24) is 4.98 Å². The first-order chi connectivity index (χ1) is 12.3. The Morgan fingerprint density at radius 3 is 2.65 bits per heavy atom. The summed E-state index contributed by atoms with van der Waals surface area (Å²) in [5.41, 5.74) is 1.02. The Bertz CT molecular complexity index is 752. The zero-order valence-electron chi connectivity index (χ0n) is 16.1. The lowest BCUT2D eigenvalue weighted by molar-refractivity contribution is -0.123. The average Bonchev–Trinajstić information content (AvgIpc) is 2.58. The molecule has 5 atom stereocenters. The molecule has 0 radical (unpaired) electrons. The van der Waals surface area contributed by atoms with E-state index in [-0.39, 0.29) is 5.91 Å². The van der Waals surface area contributed by atoms with Crippen LogP contribution in [0.3, 0.4) is 0 Å². The number of anilines is 1. The third kappa shape index (κ3) is 3.13. The highest BCUT2D eigenvalue weighted by Gasteiger charge is 2.46. The minimum absolute atomic E-state index is 0.0975. The number of rotatable bonds is 2. The molecule has 0 spiro atoms. The fraction of sp³-hybridized carbons (Fsp3) is 0.682. The zero-order valence-corrected chi connectivity index (χ0v) is 16.1. The molecule has 26 heavy (non-hydrogen) atoms. The molecule has 1 heterocycles. The standard InChI is InChI=1S/C22H29N3O/c1-22(2,3)21(26)25-20-15(12-23)5-7-19(24-20)18-11-14-8-13-4-6-17(18)16(9-13)10-14/h5,7,13-14,16-18H,4,6,8-11H2,1-3H3,(H,24,25,26). The molecule has 4 nitrogen and oxygen atoms in total. The van der Waals surface area contributed by atoms with E-state index in [4.69, 9.17) is 4.98 Å². The molecule has 0 aliphatic heterocycles. The minimum Gasteiger partial charge on any atom is -0.309 e. The topological polar surface area (TPSA) is 65.8 Å². The third-order valence-electron chi connectivity index (χ3n) is 6.89. The van der Waals surface area contributed by atoms with Gasteiger partial charge in [-0.1, -0.05) is 27.2 Å². The van der Waals surface area contributed by atoms with Crippen LogP contribution in [-0.4, -0.2) is 10.9 Å². The molecule has 4 rings (SSSR count). The van der Waals surface area contributed by atoms with Crippen molar-refractivity contribution in [2.75, 3.05) is 5.32 Å². The van der Waals surface area contributed by atoms with E-state index >= 15 is 0 Å². The molecule has 1 aromatic rings. The summed E-state index contributed by atoms with van der Waals surface area (Å²) in [6.07, 6.45) is 8.12. The zero-order chi connectivity index (χ0) is 18.5. The van der Waals surface area contributed by atoms with Crippen molar-refractivity contribution >= 4 is 11.7 Å². The summed E-state index contributed by atoms with van der Waals surface area (Å²) in [4.78, 5) is 17.2. The van der Waals surface area contributed by atoms with Crippen molar-refractivity contribution in [2.24, 2.45) is 29.1 Å². The Morgan fingerprint density at radius 2 is 1.92 bits per heavy atom. The molecule has 138 valence electrons. The van der Waals surface area contributed by atoms with E-state index in [0.717, 1.165) is 29.4 Å². The second kappa shape index (κ2) is 6.37. The van der Waals surface area contributed by atoms with E-state index in [0.29, 0.717) is 17.3 Å². The van der Waals surface area contributed by atoms with E-state index in [2.05, 4.69) is 11.4 Å². The van der Waals surface area contributed by atoms with Gasteiger partial charge in [-0.05, 0) is 67.9 Å². The number of carbonyl (C=O) groups is 1. The van der Waals surface area contributed by atoms with E-state index < -0.39 is 5.41 Å². The number of carbonyl (C=O) groups excluding carboxylic acids is 1. The number of nitrogens with one attached hydrogen (secondary N) is 1. The van der Waals surface area contributed by atoms with Gasteiger partial charge in [-0.2, -0.15) is 5.26 Å². The second-order valence-electron chi connectivity index (χ2n) is 9.73. The van der Waals surface area contributed by atoms with Crippen LogP contribution in [-0.2, 0) is 4.79 Å².